The Morgan fingerprint density at radius 1 is 1.67 bits per heavy atom. The highest BCUT2D eigenvalue weighted by atomic mass is 16.6. The molecule has 1 heterocycles. The van der Waals surface area contributed by atoms with E-state index in [4.69, 9.17) is 0 Å². The number of epoxide rings is 1. The molecule has 0 spiro atoms. The zero-order valence-electron chi connectivity index (χ0n) is 4.32. The van der Waals surface area contributed by atoms with Gasteiger partial charge in [0.1, 0.15) is 12.4 Å². The molecule has 0 aromatic heterocycles. The van der Waals surface area contributed by atoms with E-state index >= 15 is 0 Å². The molecule has 6 heavy (non-hydrogen) atoms. The molecular formula is C5H10O. The maximum atomic E-state index is 4.51. The average molecular weight is 86.1 g/mol. The summed E-state index contributed by atoms with van der Waals surface area (Å²) in [5, 5.41) is 0. The van der Waals surface area contributed by atoms with Crippen LogP contribution in [0.1, 0.15) is 13.8 Å². The van der Waals surface area contributed by atoms with E-state index in [0.29, 0.717) is 0 Å². The maximum Gasteiger partial charge on any atom is 0.144 e. The van der Waals surface area contributed by atoms with Crippen LogP contribution in [0.2, 0.25) is 0 Å². The van der Waals surface area contributed by atoms with Crippen molar-refractivity contribution in [3.05, 3.63) is 12.3 Å². The van der Waals surface area contributed by atoms with Crippen molar-refractivity contribution in [3.63, 3.8) is 0 Å². The summed E-state index contributed by atoms with van der Waals surface area (Å²) >= 11 is 0. The molecule has 0 radical (unpaired) electrons. The Morgan fingerprint density at radius 2 is 1.83 bits per heavy atom. The van der Waals surface area contributed by atoms with Gasteiger partial charge in [-0.2, -0.15) is 0 Å². The van der Waals surface area contributed by atoms with Gasteiger partial charge in [-0.05, 0) is 0 Å². The first kappa shape index (κ1) is 5.54. The fourth-order valence-electron chi connectivity index (χ4n) is 0.0510. The molecule has 0 bridgehead atoms. The monoisotopic (exact) mass is 86.1 g/mol. The molecule has 1 nitrogen and oxygen atoms in total. The largest absolute Gasteiger partial charge is 0.487 e. The Bertz CT molecular complexity index is 41.9. The highest BCUT2D eigenvalue weighted by molar-refractivity contribution is 4.94. The minimum Gasteiger partial charge on any atom is -0.487 e. The maximum absolute atomic E-state index is 4.51. The van der Waals surface area contributed by atoms with Crippen LogP contribution in [0.4, 0.5) is 0 Å². The minimum atomic E-state index is 0.792. The molecule has 0 atom stereocenters. The summed E-state index contributed by atoms with van der Waals surface area (Å²) in [5.74, 6) is 0.917. The number of hydrogen-bond acceptors (Lipinski definition) is 1. The first-order valence-electron chi connectivity index (χ1n) is 2.20. The lowest BCUT2D eigenvalue weighted by Gasteiger charge is -1.39. The van der Waals surface area contributed by atoms with Crippen LogP contribution in [0.25, 0.3) is 0 Å². The molecule has 0 aromatic rings. The predicted molar refractivity (Wildman–Crippen MR) is 26.4 cm³/mol. The van der Waals surface area contributed by atoms with Crippen LogP contribution in [0.5, 0.6) is 0 Å². The lowest BCUT2D eigenvalue weighted by Crippen LogP contribution is -1.21. The Kier molecular flexibility index (Phi) is 2.55. The summed E-state index contributed by atoms with van der Waals surface area (Å²) in [6.45, 7) is 8.24. The van der Waals surface area contributed by atoms with E-state index < -0.39 is 0 Å². The molecule has 0 aromatic carbocycles. The zero-order valence-corrected chi connectivity index (χ0v) is 4.32. The standard InChI is InChI=1S/C3H4O.C2H6/c1-3-2-4-3;1-2/h1-2H2;1-2H3. The van der Waals surface area contributed by atoms with Gasteiger partial charge in [0.05, 0.1) is 0 Å². The molecule has 1 saturated heterocycles. The highest BCUT2D eigenvalue weighted by Gasteiger charge is 2.05. The molecule has 0 amide bonds. The van der Waals surface area contributed by atoms with Crippen LogP contribution in [-0.2, 0) is 4.74 Å². The minimum absolute atomic E-state index is 0.792. The molecule has 1 fully saturated rings. The van der Waals surface area contributed by atoms with Gasteiger partial charge in [0.15, 0.2) is 0 Å². The molecule has 0 unspecified atom stereocenters. The van der Waals surface area contributed by atoms with Crippen molar-refractivity contribution in [1.82, 2.24) is 0 Å². The molecule has 0 saturated carbocycles. The van der Waals surface area contributed by atoms with Crippen molar-refractivity contribution in [1.29, 1.82) is 0 Å². The van der Waals surface area contributed by atoms with Crippen molar-refractivity contribution in [2.75, 3.05) is 6.61 Å². The van der Waals surface area contributed by atoms with Gasteiger partial charge in [0.2, 0.25) is 0 Å². The first-order chi connectivity index (χ1) is 2.89. The highest BCUT2D eigenvalue weighted by Crippen LogP contribution is 2.07. The lowest BCUT2D eigenvalue weighted by atomic mass is 10.8. The van der Waals surface area contributed by atoms with E-state index in [1.807, 2.05) is 13.8 Å². The van der Waals surface area contributed by atoms with E-state index in [-0.39, 0.29) is 0 Å². The molecule has 0 N–H and O–H groups in total. The molecule has 36 valence electrons. The third kappa shape index (κ3) is 3.54. The summed E-state index contributed by atoms with van der Waals surface area (Å²) in [5.41, 5.74) is 0. The third-order valence-electron chi connectivity index (χ3n) is 0.348. The molecule has 0 aliphatic carbocycles. The molecule has 1 aliphatic rings. The second-order valence-electron chi connectivity index (χ2n) is 0.827. The molecular weight excluding hydrogens is 76.1 g/mol. The van der Waals surface area contributed by atoms with Crippen LogP contribution in [0.3, 0.4) is 0 Å². The Balaban J connectivity index is 0.000000112. The first-order valence-corrected chi connectivity index (χ1v) is 2.20. The Morgan fingerprint density at radius 3 is 1.83 bits per heavy atom. The smallest absolute Gasteiger partial charge is 0.144 e. The second-order valence-corrected chi connectivity index (χ2v) is 0.827. The van der Waals surface area contributed by atoms with E-state index in [9.17, 15) is 0 Å². The SMILES string of the molecule is C=C1CO1.CC. The summed E-state index contributed by atoms with van der Waals surface area (Å²) < 4.78 is 4.51. The summed E-state index contributed by atoms with van der Waals surface area (Å²) in [7, 11) is 0. The number of rotatable bonds is 0. The summed E-state index contributed by atoms with van der Waals surface area (Å²) in [4.78, 5) is 0. The normalized spacial score (nSPS) is 14.0. The Hall–Kier alpha value is -0.460. The van der Waals surface area contributed by atoms with Gasteiger partial charge >= 0.3 is 0 Å². The van der Waals surface area contributed by atoms with Crippen molar-refractivity contribution in [2.24, 2.45) is 0 Å². The predicted octanol–water partition coefficient (Wildman–Crippen LogP) is 1.56. The topological polar surface area (TPSA) is 12.5 Å². The van der Waals surface area contributed by atoms with Gasteiger partial charge in [-0.15, -0.1) is 0 Å². The van der Waals surface area contributed by atoms with Gasteiger partial charge < -0.3 is 4.74 Å². The molecule has 1 aliphatic heterocycles. The quantitative estimate of drug-likeness (QED) is 0.407. The van der Waals surface area contributed by atoms with Gasteiger partial charge in [-0.3, -0.25) is 0 Å². The van der Waals surface area contributed by atoms with E-state index in [2.05, 4.69) is 11.3 Å². The van der Waals surface area contributed by atoms with Gasteiger partial charge in [0.25, 0.3) is 0 Å². The van der Waals surface area contributed by atoms with Gasteiger partial charge in [-0.1, -0.05) is 20.4 Å². The zero-order chi connectivity index (χ0) is 4.99. The van der Waals surface area contributed by atoms with Crippen LogP contribution in [0.15, 0.2) is 12.3 Å². The molecule has 1 heteroatoms. The fraction of sp³-hybridized carbons (Fsp3) is 0.600. The van der Waals surface area contributed by atoms with E-state index in [0.717, 1.165) is 12.4 Å². The van der Waals surface area contributed by atoms with Crippen molar-refractivity contribution in [3.8, 4) is 0 Å². The van der Waals surface area contributed by atoms with Crippen molar-refractivity contribution >= 4 is 0 Å². The number of hydrogen-bond donors (Lipinski definition) is 0. The fourth-order valence-corrected chi connectivity index (χ4v) is 0.0510. The number of ether oxygens (including phenoxy) is 1. The third-order valence-corrected chi connectivity index (χ3v) is 0.348. The second kappa shape index (κ2) is 2.76. The average Bonchev–Trinajstić information content (AvgIpc) is 2.30. The summed E-state index contributed by atoms with van der Waals surface area (Å²) in [6.07, 6.45) is 0. The van der Waals surface area contributed by atoms with Crippen LogP contribution in [-0.4, -0.2) is 6.61 Å². The lowest BCUT2D eigenvalue weighted by molar-refractivity contribution is 0.511. The van der Waals surface area contributed by atoms with Crippen LogP contribution < -0.4 is 0 Å². The van der Waals surface area contributed by atoms with Gasteiger partial charge in [-0.25, -0.2) is 0 Å². The van der Waals surface area contributed by atoms with Crippen LogP contribution >= 0.6 is 0 Å². The van der Waals surface area contributed by atoms with E-state index in [1.54, 1.807) is 0 Å². The molecule has 1 rings (SSSR count). The van der Waals surface area contributed by atoms with E-state index in [1.165, 1.54) is 0 Å². The van der Waals surface area contributed by atoms with Gasteiger partial charge in [0, 0.05) is 0 Å². The van der Waals surface area contributed by atoms with Crippen molar-refractivity contribution < 1.29 is 4.74 Å². The van der Waals surface area contributed by atoms with Crippen LogP contribution in [0, 0.1) is 0 Å². The van der Waals surface area contributed by atoms with Crippen molar-refractivity contribution in [2.45, 2.75) is 13.8 Å². The Labute approximate surface area is 38.6 Å². The summed E-state index contributed by atoms with van der Waals surface area (Å²) in [6, 6.07) is 0.